The highest BCUT2D eigenvalue weighted by Crippen LogP contribution is 2.13. The molecule has 1 aliphatic rings. The summed E-state index contributed by atoms with van der Waals surface area (Å²) in [5.41, 5.74) is 0. The van der Waals surface area contributed by atoms with Crippen LogP contribution in [-0.4, -0.2) is 50.8 Å². The molecule has 0 aromatic rings. The molecule has 1 heterocycles. The first-order valence-electron chi connectivity index (χ1n) is 8.19. The monoisotopic (exact) mass is 270 g/mol. The summed E-state index contributed by atoms with van der Waals surface area (Å²) in [4.78, 5) is 2.44. The summed E-state index contributed by atoms with van der Waals surface area (Å²) in [6.07, 6.45) is 8.30. The van der Waals surface area contributed by atoms with Crippen molar-refractivity contribution in [2.75, 3.05) is 39.8 Å². The summed E-state index contributed by atoms with van der Waals surface area (Å²) in [6, 6.07) is 0. The van der Waals surface area contributed by atoms with Crippen LogP contribution in [0.25, 0.3) is 0 Å². The van der Waals surface area contributed by atoms with Gasteiger partial charge in [-0.15, -0.1) is 0 Å². The maximum absolute atomic E-state index is 5.78. The second-order valence-electron chi connectivity index (χ2n) is 6.41. The lowest BCUT2D eigenvalue weighted by Crippen LogP contribution is -2.33. The molecule has 0 aromatic heterocycles. The van der Waals surface area contributed by atoms with Crippen molar-refractivity contribution in [3.05, 3.63) is 0 Å². The van der Waals surface area contributed by atoms with Gasteiger partial charge in [-0.1, -0.05) is 20.3 Å². The van der Waals surface area contributed by atoms with Crippen LogP contribution < -0.4 is 5.32 Å². The highest BCUT2D eigenvalue weighted by Gasteiger charge is 2.15. The van der Waals surface area contributed by atoms with Crippen LogP contribution in [-0.2, 0) is 4.74 Å². The van der Waals surface area contributed by atoms with Crippen molar-refractivity contribution >= 4 is 0 Å². The molecule has 19 heavy (non-hydrogen) atoms. The number of ether oxygens (including phenoxy) is 1. The molecule has 1 unspecified atom stereocenters. The fraction of sp³-hybridized carbons (Fsp3) is 1.00. The first kappa shape index (κ1) is 16.9. The van der Waals surface area contributed by atoms with Crippen molar-refractivity contribution in [2.45, 2.75) is 58.5 Å². The molecule has 0 bridgehead atoms. The molecule has 1 aliphatic heterocycles. The summed E-state index contributed by atoms with van der Waals surface area (Å²) >= 11 is 0. The van der Waals surface area contributed by atoms with Crippen LogP contribution >= 0.6 is 0 Å². The molecular formula is C16H34N2O. The zero-order valence-corrected chi connectivity index (χ0v) is 13.3. The maximum atomic E-state index is 5.78. The van der Waals surface area contributed by atoms with Crippen molar-refractivity contribution in [3.8, 4) is 0 Å². The summed E-state index contributed by atoms with van der Waals surface area (Å²) in [7, 11) is 2.23. The molecule has 3 nitrogen and oxygen atoms in total. The zero-order valence-electron chi connectivity index (χ0n) is 13.3. The van der Waals surface area contributed by atoms with Gasteiger partial charge in [-0.2, -0.15) is 0 Å². The average molecular weight is 270 g/mol. The van der Waals surface area contributed by atoms with E-state index in [2.05, 4.69) is 31.1 Å². The van der Waals surface area contributed by atoms with Crippen molar-refractivity contribution < 1.29 is 4.74 Å². The Morgan fingerprint density at radius 2 is 2.05 bits per heavy atom. The van der Waals surface area contributed by atoms with Gasteiger partial charge in [-0.25, -0.2) is 0 Å². The van der Waals surface area contributed by atoms with Crippen molar-refractivity contribution in [1.82, 2.24) is 10.2 Å². The van der Waals surface area contributed by atoms with E-state index in [0.717, 1.165) is 25.6 Å². The number of nitrogens with one attached hydrogen (secondary N) is 1. The fourth-order valence-electron chi connectivity index (χ4n) is 2.59. The molecule has 0 spiro atoms. The van der Waals surface area contributed by atoms with Gasteiger partial charge in [-0.3, -0.25) is 0 Å². The van der Waals surface area contributed by atoms with Crippen LogP contribution in [0.5, 0.6) is 0 Å². The second kappa shape index (κ2) is 10.6. The predicted molar refractivity (Wildman–Crippen MR) is 82.6 cm³/mol. The van der Waals surface area contributed by atoms with Gasteiger partial charge in [0.05, 0.1) is 6.10 Å². The average Bonchev–Trinajstić information content (AvgIpc) is 2.38. The van der Waals surface area contributed by atoms with Gasteiger partial charge in [0.15, 0.2) is 0 Å². The largest absolute Gasteiger partial charge is 0.377 e. The zero-order chi connectivity index (χ0) is 13.9. The third-order valence-corrected chi connectivity index (χ3v) is 3.74. The molecule has 0 radical (unpaired) electrons. The minimum Gasteiger partial charge on any atom is -0.377 e. The Morgan fingerprint density at radius 3 is 2.74 bits per heavy atom. The van der Waals surface area contributed by atoms with Crippen LogP contribution in [0.15, 0.2) is 0 Å². The van der Waals surface area contributed by atoms with Gasteiger partial charge < -0.3 is 15.0 Å². The number of hydrogen-bond acceptors (Lipinski definition) is 3. The number of likely N-dealkylation sites (N-methyl/N-ethyl adjacent to an activating group) is 1. The van der Waals surface area contributed by atoms with E-state index < -0.39 is 0 Å². The van der Waals surface area contributed by atoms with Gasteiger partial charge in [0, 0.05) is 13.2 Å². The lowest BCUT2D eigenvalue weighted by Gasteiger charge is -2.27. The van der Waals surface area contributed by atoms with E-state index in [1.807, 2.05) is 0 Å². The summed E-state index contributed by atoms with van der Waals surface area (Å²) in [6.45, 7) is 10.1. The Balaban J connectivity index is 1.88. The molecule has 1 atom stereocenters. The van der Waals surface area contributed by atoms with Gasteiger partial charge in [-0.05, 0) is 64.7 Å². The fourth-order valence-corrected chi connectivity index (χ4v) is 2.59. The van der Waals surface area contributed by atoms with Crippen molar-refractivity contribution in [2.24, 2.45) is 5.92 Å². The van der Waals surface area contributed by atoms with Gasteiger partial charge in [0.2, 0.25) is 0 Å². The molecule has 1 N–H and O–H groups in total. The van der Waals surface area contributed by atoms with Crippen molar-refractivity contribution in [1.29, 1.82) is 0 Å². The molecule has 3 heteroatoms. The van der Waals surface area contributed by atoms with Crippen LogP contribution in [0.4, 0.5) is 0 Å². The highest BCUT2D eigenvalue weighted by molar-refractivity contribution is 4.67. The Morgan fingerprint density at radius 1 is 1.21 bits per heavy atom. The highest BCUT2D eigenvalue weighted by atomic mass is 16.5. The molecule has 114 valence electrons. The smallest absolute Gasteiger partial charge is 0.0701 e. The first-order valence-corrected chi connectivity index (χ1v) is 8.19. The predicted octanol–water partition coefficient (Wildman–Crippen LogP) is 2.90. The van der Waals surface area contributed by atoms with Gasteiger partial charge in [0.1, 0.15) is 0 Å². The quantitative estimate of drug-likeness (QED) is 0.618. The molecular weight excluding hydrogens is 236 g/mol. The Bertz CT molecular complexity index is 203. The number of unbranched alkanes of at least 4 members (excludes halogenated alkanes) is 2. The Labute approximate surface area is 120 Å². The molecule has 1 rings (SSSR count). The molecule has 1 fully saturated rings. The van der Waals surface area contributed by atoms with Crippen molar-refractivity contribution in [3.63, 3.8) is 0 Å². The number of hydrogen-bond donors (Lipinski definition) is 1. The number of nitrogens with zero attached hydrogens (tertiary/aromatic N) is 1. The van der Waals surface area contributed by atoms with E-state index in [-0.39, 0.29) is 0 Å². The minimum atomic E-state index is 0.492. The summed E-state index contributed by atoms with van der Waals surface area (Å²) < 4.78 is 5.78. The van der Waals surface area contributed by atoms with Crippen LogP contribution in [0, 0.1) is 5.92 Å². The van der Waals surface area contributed by atoms with E-state index >= 15 is 0 Å². The normalized spacial score (nSPS) is 20.4. The van der Waals surface area contributed by atoms with E-state index in [9.17, 15) is 0 Å². The maximum Gasteiger partial charge on any atom is 0.0701 e. The minimum absolute atomic E-state index is 0.492. The lowest BCUT2D eigenvalue weighted by molar-refractivity contribution is -0.00160. The standard InChI is InChI=1S/C16H34N2O/c1-15(2)13-17-10-6-4-7-11-18(3)14-16-9-5-8-12-19-16/h15-17H,4-14H2,1-3H3. The SMILES string of the molecule is CC(C)CNCCCCCN(C)CC1CCCCO1. The third-order valence-electron chi connectivity index (χ3n) is 3.74. The molecule has 1 saturated heterocycles. The molecule has 0 saturated carbocycles. The third kappa shape index (κ3) is 9.42. The van der Waals surface area contributed by atoms with E-state index in [1.54, 1.807) is 0 Å². The van der Waals surface area contributed by atoms with E-state index in [1.165, 1.54) is 51.6 Å². The summed E-state index contributed by atoms with van der Waals surface area (Å²) in [5, 5.41) is 3.51. The lowest BCUT2D eigenvalue weighted by atomic mass is 10.1. The number of rotatable bonds is 10. The Kier molecular flexibility index (Phi) is 9.48. The molecule has 0 amide bonds. The Hall–Kier alpha value is -0.120. The van der Waals surface area contributed by atoms with Crippen LogP contribution in [0.2, 0.25) is 0 Å². The van der Waals surface area contributed by atoms with Gasteiger partial charge in [0.25, 0.3) is 0 Å². The summed E-state index contributed by atoms with van der Waals surface area (Å²) in [5.74, 6) is 0.765. The topological polar surface area (TPSA) is 24.5 Å². The van der Waals surface area contributed by atoms with Crippen LogP contribution in [0.3, 0.4) is 0 Å². The molecule has 0 aromatic carbocycles. The van der Waals surface area contributed by atoms with E-state index in [4.69, 9.17) is 4.74 Å². The van der Waals surface area contributed by atoms with E-state index in [0.29, 0.717) is 6.10 Å². The molecule has 0 aliphatic carbocycles. The van der Waals surface area contributed by atoms with Gasteiger partial charge >= 0.3 is 0 Å². The first-order chi connectivity index (χ1) is 9.18. The second-order valence-corrected chi connectivity index (χ2v) is 6.41. The van der Waals surface area contributed by atoms with Crippen LogP contribution in [0.1, 0.15) is 52.4 Å².